The van der Waals surface area contributed by atoms with Crippen LogP contribution in [0.25, 0.3) is 0 Å². The fraction of sp³-hybridized carbons (Fsp3) is 0.316. The SMILES string of the molecule is Cc1ccc(S(=O)(=O)NC2(CC(=O)O)CCCc3ccccc32)cc1. The van der Waals surface area contributed by atoms with Crippen LogP contribution in [0.1, 0.15) is 36.0 Å². The molecule has 0 amide bonds. The number of rotatable bonds is 5. The largest absolute Gasteiger partial charge is 0.481 e. The van der Waals surface area contributed by atoms with Gasteiger partial charge < -0.3 is 5.11 Å². The molecule has 3 rings (SSSR count). The lowest BCUT2D eigenvalue weighted by atomic mass is 9.75. The van der Waals surface area contributed by atoms with E-state index in [0.717, 1.165) is 29.5 Å². The lowest BCUT2D eigenvalue weighted by molar-refractivity contribution is -0.138. The van der Waals surface area contributed by atoms with Gasteiger partial charge in [-0.15, -0.1) is 0 Å². The number of hydrogen-bond donors (Lipinski definition) is 2. The van der Waals surface area contributed by atoms with E-state index in [2.05, 4.69) is 4.72 Å². The van der Waals surface area contributed by atoms with Gasteiger partial charge in [-0.1, -0.05) is 42.0 Å². The highest BCUT2D eigenvalue weighted by Crippen LogP contribution is 2.39. The van der Waals surface area contributed by atoms with Crippen LogP contribution in [0.3, 0.4) is 0 Å². The summed E-state index contributed by atoms with van der Waals surface area (Å²) < 4.78 is 28.5. The molecule has 132 valence electrons. The Balaban J connectivity index is 2.06. The normalized spacial score (nSPS) is 20.0. The van der Waals surface area contributed by atoms with Gasteiger partial charge in [0.05, 0.1) is 16.9 Å². The zero-order valence-corrected chi connectivity index (χ0v) is 14.8. The van der Waals surface area contributed by atoms with E-state index in [0.29, 0.717) is 6.42 Å². The Labute approximate surface area is 147 Å². The summed E-state index contributed by atoms with van der Waals surface area (Å²) in [5.74, 6) is -1.02. The third-order valence-corrected chi connectivity index (χ3v) is 6.25. The molecule has 5 nitrogen and oxygen atoms in total. The number of carbonyl (C=O) groups is 1. The van der Waals surface area contributed by atoms with Crippen molar-refractivity contribution in [2.45, 2.75) is 43.0 Å². The maximum absolute atomic E-state index is 12.9. The van der Waals surface area contributed by atoms with Gasteiger partial charge in [0.25, 0.3) is 0 Å². The second kappa shape index (κ2) is 6.61. The number of aryl methyl sites for hydroxylation is 2. The average Bonchev–Trinajstić information content (AvgIpc) is 2.54. The molecular formula is C19H21NO4S. The lowest BCUT2D eigenvalue weighted by Crippen LogP contribution is -2.49. The molecule has 1 aliphatic carbocycles. The molecule has 0 aliphatic heterocycles. The highest BCUT2D eigenvalue weighted by molar-refractivity contribution is 7.89. The molecule has 0 saturated heterocycles. The molecular weight excluding hydrogens is 338 g/mol. The van der Waals surface area contributed by atoms with E-state index in [1.807, 2.05) is 31.2 Å². The second-order valence-electron chi connectivity index (χ2n) is 6.58. The van der Waals surface area contributed by atoms with Crippen LogP contribution in [0.15, 0.2) is 53.4 Å². The van der Waals surface area contributed by atoms with Gasteiger partial charge in [-0.05, 0) is 49.4 Å². The minimum absolute atomic E-state index is 0.144. The third-order valence-electron chi connectivity index (χ3n) is 4.70. The molecule has 0 aromatic heterocycles. The molecule has 6 heteroatoms. The minimum Gasteiger partial charge on any atom is -0.481 e. The maximum Gasteiger partial charge on any atom is 0.305 e. The molecule has 1 atom stereocenters. The van der Waals surface area contributed by atoms with Gasteiger partial charge >= 0.3 is 5.97 Å². The number of benzene rings is 2. The first-order valence-electron chi connectivity index (χ1n) is 8.23. The molecule has 0 radical (unpaired) electrons. The smallest absolute Gasteiger partial charge is 0.305 e. The van der Waals surface area contributed by atoms with Crippen LogP contribution < -0.4 is 4.72 Å². The van der Waals surface area contributed by atoms with Gasteiger partial charge in [-0.3, -0.25) is 4.79 Å². The van der Waals surface area contributed by atoms with Crippen molar-refractivity contribution in [3.8, 4) is 0 Å². The Morgan fingerprint density at radius 2 is 1.84 bits per heavy atom. The molecule has 0 bridgehead atoms. The molecule has 2 aromatic rings. The molecule has 0 spiro atoms. The van der Waals surface area contributed by atoms with Crippen molar-refractivity contribution in [3.05, 3.63) is 65.2 Å². The molecule has 0 heterocycles. The molecule has 2 N–H and O–H groups in total. The van der Waals surface area contributed by atoms with Crippen molar-refractivity contribution < 1.29 is 18.3 Å². The van der Waals surface area contributed by atoms with Crippen molar-refractivity contribution in [2.24, 2.45) is 0 Å². The number of aliphatic carboxylic acids is 1. The molecule has 0 saturated carbocycles. The Bertz CT molecular complexity index is 890. The fourth-order valence-electron chi connectivity index (χ4n) is 3.54. The maximum atomic E-state index is 12.9. The standard InChI is InChI=1S/C19H21NO4S/c1-14-8-10-16(11-9-14)25(23,24)20-19(13-18(21)22)12-4-6-15-5-2-3-7-17(15)19/h2-3,5,7-11,20H,4,6,12-13H2,1H3,(H,21,22). The Morgan fingerprint density at radius 1 is 1.16 bits per heavy atom. The van der Waals surface area contributed by atoms with E-state index < -0.39 is 21.5 Å². The molecule has 25 heavy (non-hydrogen) atoms. The van der Waals surface area contributed by atoms with Crippen molar-refractivity contribution in [3.63, 3.8) is 0 Å². The summed E-state index contributed by atoms with van der Waals surface area (Å²) in [6, 6.07) is 14.0. The van der Waals surface area contributed by atoms with E-state index >= 15 is 0 Å². The van der Waals surface area contributed by atoms with Crippen LogP contribution in [0.5, 0.6) is 0 Å². The van der Waals surface area contributed by atoms with E-state index in [1.165, 1.54) is 0 Å². The van der Waals surface area contributed by atoms with Gasteiger partial charge in [-0.2, -0.15) is 4.72 Å². The van der Waals surface area contributed by atoms with E-state index in [-0.39, 0.29) is 11.3 Å². The predicted molar refractivity (Wildman–Crippen MR) is 94.8 cm³/mol. The van der Waals surface area contributed by atoms with Crippen LogP contribution in [-0.2, 0) is 26.8 Å². The summed E-state index contributed by atoms with van der Waals surface area (Å²) in [4.78, 5) is 11.7. The summed E-state index contributed by atoms with van der Waals surface area (Å²) in [7, 11) is -3.84. The van der Waals surface area contributed by atoms with Gasteiger partial charge in [0.15, 0.2) is 0 Å². The summed E-state index contributed by atoms with van der Waals surface area (Å²) in [5, 5.41) is 9.43. The van der Waals surface area contributed by atoms with Crippen LogP contribution in [0, 0.1) is 6.92 Å². The fourth-order valence-corrected chi connectivity index (χ4v) is 4.95. The number of carboxylic acid groups (broad SMARTS) is 1. The number of sulfonamides is 1. The van der Waals surface area contributed by atoms with Crippen LogP contribution in [-0.4, -0.2) is 19.5 Å². The molecule has 1 unspecified atom stereocenters. The third kappa shape index (κ3) is 3.60. The Morgan fingerprint density at radius 3 is 2.52 bits per heavy atom. The van der Waals surface area contributed by atoms with E-state index in [1.54, 1.807) is 24.3 Å². The first-order chi connectivity index (χ1) is 11.8. The monoisotopic (exact) mass is 359 g/mol. The Hall–Kier alpha value is -2.18. The topological polar surface area (TPSA) is 83.5 Å². The quantitative estimate of drug-likeness (QED) is 0.860. The van der Waals surface area contributed by atoms with Crippen molar-refractivity contribution >= 4 is 16.0 Å². The number of fused-ring (bicyclic) bond motifs is 1. The first-order valence-corrected chi connectivity index (χ1v) is 9.72. The summed E-state index contributed by atoms with van der Waals surface area (Å²) >= 11 is 0. The minimum atomic E-state index is -3.84. The zero-order chi connectivity index (χ0) is 18.1. The van der Waals surface area contributed by atoms with Crippen LogP contribution in [0.4, 0.5) is 0 Å². The average molecular weight is 359 g/mol. The van der Waals surface area contributed by atoms with Gasteiger partial charge in [-0.25, -0.2) is 8.42 Å². The number of carboxylic acids is 1. The zero-order valence-electron chi connectivity index (χ0n) is 14.0. The van der Waals surface area contributed by atoms with E-state index in [9.17, 15) is 18.3 Å². The van der Waals surface area contributed by atoms with Gasteiger partial charge in [0.2, 0.25) is 10.0 Å². The van der Waals surface area contributed by atoms with Crippen LogP contribution >= 0.6 is 0 Å². The highest BCUT2D eigenvalue weighted by Gasteiger charge is 2.41. The van der Waals surface area contributed by atoms with Gasteiger partial charge in [0, 0.05) is 0 Å². The lowest BCUT2D eigenvalue weighted by Gasteiger charge is -2.38. The van der Waals surface area contributed by atoms with Gasteiger partial charge in [0.1, 0.15) is 0 Å². The second-order valence-corrected chi connectivity index (χ2v) is 8.26. The van der Waals surface area contributed by atoms with E-state index in [4.69, 9.17) is 0 Å². The first kappa shape index (κ1) is 17.6. The highest BCUT2D eigenvalue weighted by atomic mass is 32.2. The summed E-state index contributed by atoms with van der Waals surface area (Å²) in [6.07, 6.45) is 1.74. The molecule has 1 aliphatic rings. The van der Waals surface area contributed by atoms with Crippen molar-refractivity contribution in [1.82, 2.24) is 4.72 Å². The van der Waals surface area contributed by atoms with Crippen molar-refractivity contribution in [1.29, 1.82) is 0 Å². The van der Waals surface area contributed by atoms with Crippen LogP contribution in [0.2, 0.25) is 0 Å². The molecule has 0 fully saturated rings. The summed E-state index contributed by atoms with van der Waals surface area (Å²) in [6.45, 7) is 1.88. The number of hydrogen-bond acceptors (Lipinski definition) is 3. The van der Waals surface area contributed by atoms with Crippen molar-refractivity contribution in [2.75, 3.05) is 0 Å². The summed E-state index contributed by atoms with van der Waals surface area (Å²) in [5.41, 5.74) is 1.60. The number of nitrogens with one attached hydrogen (secondary N) is 1. The predicted octanol–water partition coefficient (Wildman–Crippen LogP) is 2.98. The Kier molecular flexibility index (Phi) is 4.67. The molecule has 2 aromatic carbocycles.